The summed E-state index contributed by atoms with van der Waals surface area (Å²) in [6.45, 7) is 3.68. The van der Waals surface area contributed by atoms with Gasteiger partial charge in [-0.15, -0.1) is 0 Å². The average Bonchev–Trinajstić information content (AvgIpc) is 2.63. The number of aryl methyl sites for hydroxylation is 1. The first-order chi connectivity index (χ1) is 12.8. The molecule has 2 aliphatic rings. The monoisotopic (exact) mass is 352 g/mol. The van der Waals surface area contributed by atoms with Gasteiger partial charge in [0, 0.05) is 31.7 Å². The number of para-hydroxylation sites is 1. The molecule has 1 amide bonds. The lowest BCUT2D eigenvalue weighted by Gasteiger charge is -2.39. The zero-order chi connectivity index (χ0) is 17.8. The van der Waals surface area contributed by atoms with Crippen molar-refractivity contribution in [2.75, 3.05) is 31.6 Å². The van der Waals surface area contributed by atoms with E-state index in [1.807, 2.05) is 42.5 Å². The molecule has 26 heavy (non-hydrogen) atoms. The molecular formula is C21H24N2O3. The van der Waals surface area contributed by atoms with Crippen LogP contribution < -0.4 is 14.8 Å². The van der Waals surface area contributed by atoms with Crippen LogP contribution in [0.3, 0.4) is 0 Å². The van der Waals surface area contributed by atoms with E-state index in [0.29, 0.717) is 6.42 Å². The van der Waals surface area contributed by atoms with Gasteiger partial charge in [-0.25, -0.2) is 0 Å². The number of fused-ring (bicyclic) bond motifs is 1. The summed E-state index contributed by atoms with van der Waals surface area (Å²) in [6.07, 6.45) is 2.61. The molecule has 1 saturated heterocycles. The Morgan fingerprint density at radius 2 is 1.88 bits per heavy atom. The summed E-state index contributed by atoms with van der Waals surface area (Å²) in [5.74, 6) is 1.93. The molecule has 0 unspecified atom stereocenters. The predicted octanol–water partition coefficient (Wildman–Crippen LogP) is 3.10. The van der Waals surface area contributed by atoms with Gasteiger partial charge in [0.25, 0.3) is 0 Å². The molecule has 0 atom stereocenters. The van der Waals surface area contributed by atoms with Gasteiger partial charge in [0.15, 0.2) is 0 Å². The van der Waals surface area contributed by atoms with Crippen molar-refractivity contribution in [2.24, 2.45) is 0 Å². The maximum atomic E-state index is 11.4. The summed E-state index contributed by atoms with van der Waals surface area (Å²) in [6, 6.07) is 15.9. The number of rotatable bonds is 7. The van der Waals surface area contributed by atoms with E-state index in [-0.39, 0.29) is 12.0 Å². The maximum Gasteiger partial charge on any atom is 0.224 e. The summed E-state index contributed by atoms with van der Waals surface area (Å²) in [5, 5.41) is 2.90. The first-order valence-corrected chi connectivity index (χ1v) is 9.26. The number of nitrogens with one attached hydrogen (secondary N) is 1. The number of benzene rings is 2. The van der Waals surface area contributed by atoms with Crippen LogP contribution in [0.4, 0.5) is 5.69 Å². The van der Waals surface area contributed by atoms with E-state index in [4.69, 9.17) is 9.47 Å². The highest BCUT2D eigenvalue weighted by atomic mass is 16.5. The molecule has 0 spiro atoms. The third-order valence-electron chi connectivity index (χ3n) is 4.83. The smallest absolute Gasteiger partial charge is 0.224 e. The van der Waals surface area contributed by atoms with Crippen molar-refractivity contribution < 1.29 is 14.3 Å². The van der Waals surface area contributed by atoms with Crippen molar-refractivity contribution in [2.45, 2.75) is 25.4 Å². The lowest BCUT2D eigenvalue weighted by atomic mass is 10.0. The summed E-state index contributed by atoms with van der Waals surface area (Å²) < 4.78 is 11.8. The molecule has 2 aliphatic heterocycles. The highest BCUT2D eigenvalue weighted by Gasteiger charge is 2.28. The minimum Gasteiger partial charge on any atom is -0.494 e. The predicted molar refractivity (Wildman–Crippen MR) is 101 cm³/mol. The molecule has 1 fully saturated rings. The summed E-state index contributed by atoms with van der Waals surface area (Å²) in [4.78, 5) is 13.8. The number of hydrogen-bond acceptors (Lipinski definition) is 4. The largest absolute Gasteiger partial charge is 0.494 e. The maximum absolute atomic E-state index is 11.4. The number of carbonyl (C=O) groups excluding carboxylic acids is 1. The van der Waals surface area contributed by atoms with Gasteiger partial charge in [-0.2, -0.15) is 0 Å². The average molecular weight is 352 g/mol. The van der Waals surface area contributed by atoms with Crippen molar-refractivity contribution in [3.63, 3.8) is 0 Å². The zero-order valence-corrected chi connectivity index (χ0v) is 14.8. The lowest BCUT2D eigenvalue weighted by Crippen LogP contribution is -2.54. The number of amides is 1. The quantitative estimate of drug-likeness (QED) is 0.778. The third kappa shape index (κ3) is 4.17. The van der Waals surface area contributed by atoms with Gasteiger partial charge in [-0.1, -0.05) is 18.2 Å². The second-order valence-electron chi connectivity index (χ2n) is 6.88. The van der Waals surface area contributed by atoms with Crippen LogP contribution in [0.25, 0.3) is 0 Å². The van der Waals surface area contributed by atoms with Crippen LogP contribution in [-0.2, 0) is 11.2 Å². The Morgan fingerprint density at radius 3 is 2.73 bits per heavy atom. The van der Waals surface area contributed by atoms with Gasteiger partial charge >= 0.3 is 0 Å². The number of likely N-dealkylation sites (tertiary alicyclic amines) is 1. The molecule has 5 nitrogen and oxygen atoms in total. The Balaban J connectivity index is 1.16. The summed E-state index contributed by atoms with van der Waals surface area (Å²) in [7, 11) is 0. The minimum absolute atomic E-state index is 0.0945. The van der Waals surface area contributed by atoms with E-state index in [1.165, 1.54) is 0 Å². The lowest BCUT2D eigenvalue weighted by molar-refractivity contribution is -0.116. The Morgan fingerprint density at radius 1 is 1.04 bits per heavy atom. The van der Waals surface area contributed by atoms with Crippen LogP contribution in [0.1, 0.15) is 18.4 Å². The Hall–Kier alpha value is -2.53. The van der Waals surface area contributed by atoms with E-state index < -0.39 is 0 Å². The van der Waals surface area contributed by atoms with Crippen molar-refractivity contribution in [3.8, 4) is 11.5 Å². The van der Waals surface area contributed by atoms with Crippen LogP contribution in [0.5, 0.6) is 11.5 Å². The van der Waals surface area contributed by atoms with Gasteiger partial charge in [0.2, 0.25) is 5.91 Å². The van der Waals surface area contributed by atoms with Crippen molar-refractivity contribution >= 4 is 11.6 Å². The number of carbonyl (C=O) groups is 1. The fourth-order valence-corrected chi connectivity index (χ4v) is 3.40. The van der Waals surface area contributed by atoms with Crippen molar-refractivity contribution in [1.82, 2.24) is 4.90 Å². The van der Waals surface area contributed by atoms with E-state index in [9.17, 15) is 4.79 Å². The van der Waals surface area contributed by atoms with Gasteiger partial charge < -0.3 is 14.8 Å². The Bertz CT molecular complexity index is 757. The molecule has 2 aromatic rings. The summed E-state index contributed by atoms with van der Waals surface area (Å²) in [5.41, 5.74) is 2.08. The van der Waals surface area contributed by atoms with Crippen molar-refractivity contribution in [1.29, 1.82) is 0 Å². The zero-order valence-electron chi connectivity index (χ0n) is 14.8. The van der Waals surface area contributed by atoms with Crippen LogP contribution in [0.15, 0.2) is 48.5 Å². The molecule has 0 saturated carbocycles. The molecule has 1 N–H and O–H groups in total. The first-order valence-electron chi connectivity index (χ1n) is 9.26. The molecule has 0 bridgehead atoms. The number of anilines is 1. The van der Waals surface area contributed by atoms with E-state index in [0.717, 1.165) is 61.8 Å². The van der Waals surface area contributed by atoms with Crippen LogP contribution in [-0.4, -0.2) is 43.2 Å². The number of nitrogens with zero attached hydrogens (tertiary/aromatic N) is 1. The SMILES string of the molecule is O=C1CCc2cc(OC3CN(CCCOc4ccccc4)C3)ccc2N1. The molecule has 0 radical (unpaired) electrons. The molecule has 136 valence electrons. The van der Waals surface area contributed by atoms with E-state index in [2.05, 4.69) is 16.3 Å². The molecular weight excluding hydrogens is 328 g/mol. The minimum atomic E-state index is 0.0945. The summed E-state index contributed by atoms with van der Waals surface area (Å²) >= 11 is 0. The number of ether oxygens (including phenoxy) is 2. The standard InChI is InChI=1S/C21H24N2O3/c24-21-10-7-16-13-18(8-9-20(16)22-21)26-19-14-23(15-19)11-4-12-25-17-5-2-1-3-6-17/h1-3,5-6,8-9,13,19H,4,7,10-12,14-15H2,(H,22,24). The normalized spacial score (nSPS) is 17.2. The van der Waals surface area contributed by atoms with Crippen LogP contribution in [0.2, 0.25) is 0 Å². The first kappa shape index (κ1) is 16.9. The Labute approximate surface area is 153 Å². The molecule has 2 heterocycles. The van der Waals surface area contributed by atoms with Crippen molar-refractivity contribution in [3.05, 3.63) is 54.1 Å². The van der Waals surface area contributed by atoms with Crippen LogP contribution >= 0.6 is 0 Å². The van der Waals surface area contributed by atoms with Gasteiger partial charge in [0.05, 0.1) is 6.61 Å². The second-order valence-corrected chi connectivity index (χ2v) is 6.88. The van der Waals surface area contributed by atoms with Gasteiger partial charge in [-0.3, -0.25) is 9.69 Å². The topological polar surface area (TPSA) is 50.8 Å². The molecule has 0 aromatic heterocycles. The number of hydrogen-bond donors (Lipinski definition) is 1. The fourth-order valence-electron chi connectivity index (χ4n) is 3.40. The highest BCUT2D eigenvalue weighted by molar-refractivity contribution is 5.93. The van der Waals surface area contributed by atoms with Gasteiger partial charge in [0.1, 0.15) is 17.6 Å². The highest BCUT2D eigenvalue weighted by Crippen LogP contribution is 2.28. The van der Waals surface area contributed by atoms with Gasteiger partial charge in [-0.05, 0) is 48.7 Å². The third-order valence-corrected chi connectivity index (χ3v) is 4.83. The fraction of sp³-hybridized carbons (Fsp3) is 0.381. The molecule has 0 aliphatic carbocycles. The van der Waals surface area contributed by atoms with E-state index in [1.54, 1.807) is 0 Å². The van der Waals surface area contributed by atoms with Crippen LogP contribution in [0, 0.1) is 0 Å². The Kier molecular flexibility index (Phi) is 5.07. The second kappa shape index (κ2) is 7.79. The molecule has 5 heteroatoms. The molecule has 2 aromatic carbocycles. The molecule has 4 rings (SSSR count). The van der Waals surface area contributed by atoms with E-state index >= 15 is 0 Å².